The van der Waals surface area contributed by atoms with E-state index >= 15 is 0 Å². The average Bonchev–Trinajstić information content (AvgIpc) is 2.27. The van der Waals surface area contributed by atoms with Crippen molar-refractivity contribution in [3.05, 3.63) is 41.1 Å². The predicted molar refractivity (Wildman–Crippen MR) is 61.2 cm³/mol. The molecule has 2 rings (SSSR count). The Balaban J connectivity index is 2.88. The van der Waals surface area contributed by atoms with Gasteiger partial charge in [0.05, 0.1) is 5.52 Å². The molecule has 0 aliphatic carbocycles. The zero-order chi connectivity index (χ0) is 10.8. The number of hydrogen-bond donors (Lipinski definition) is 0. The highest BCUT2D eigenvalue weighted by Gasteiger charge is 2.05. The second-order valence-electron chi connectivity index (χ2n) is 3.64. The van der Waals surface area contributed by atoms with E-state index in [2.05, 4.69) is 18.0 Å². The molecule has 1 heterocycles. The third-order valence-electron chi connectivity index (χ3n) is 2.59. The Kier molecular flexibility index (Phi) is 2.50. The Bertz CT molecular complexity index is 517. The van der Waals surface area contributed by atoms with Crippen LogP contribution >= 0.6 is 0 Å². The summed E-state index contributed by atoms with van der Waals surface area (Å²) >= 11 is 0. The van der Waals surface area contributed by atoms with Gasteiger partial charge in [-0.05, 0) is 25.0 Å². The van der Waals surface area contributed by atoms with Crippen LogP contribution in [0.2, 0.25) is 0 Å². The second-order valence-corrected chi connectivity index (χ2v) is 3.64. The maximum absolute atomic E-state index is 10.9. The van der Waals surface area contributed by atoms with Gasteiger partial charge in [0.15, 0.2) is 6.29 Å². The summed E-state index contributed by atoms with van der Waals surface area (Å²) < 4.78 is 0. The van der Waals surface area contributed by atoms with Gasteiger partial charge in [0.2, 0.25) is 0 Å². The summed E-state index contributed by atoms with van der Waals surface area (Å²) in [5.41, 5.74) is 3.78. The number of nitrogens with zero attached hydrogens (tertiary/aromatic N) is 1. The standard InChI is InChI=1S/C13H13NO/c1-3-10-5-4-6-12-11(8-15)7-9(2)14-13(10)12/h4-8H,3H2,1-2H3. The molecule has 1 aromatic carbocycles. The van der Waals surface area contributed by atoms with E-state index in [1.54, 1.807) is 0 Å². The van der Waals surface area contributed by atoms with Crippen molar-refractivity contribution in [2.75, 3.05) is 0 Å². The van der Waals surface area contributed by atoms with Crippen molar-refractivity contribution in [3.63, 3.8) is 0 Å². The Morgan fingerprint density at radius 3 is 2.87 bits per heavy atom. The Morgan fingerprint density at radius 1 is 1.40 bits per heavy atom. The van der Waals surface area contributed by atoms with Gasteiger partial charge in [0.1, 0.15) is 0 Å². The van der Waals surface area contributed by atoms with Crippen LogP contribution in [0.25, 0.3) is 10.9 Å². The predicted octanol–water partition coefficient (Wildman–Crippen LogP) is 2.92. The van der Waals surface area contributed by atoms with E-state index in [0.29, 0.717) is 0 Å². The van der Waals surface area contributed by atoms with Crippen LogP contribution in [0, 0.1) is 6.92 Å². The van der Waals surface area contributed by atoms with Crippen molar-refractivity contribution in [3.8, 4) is 0 Å². The first-order valence-electron chi connectivity index (χ1n) is 5.10. The topological polar surface area (TPSA) is 30.0 Å². The molecule has 76 valence electrons. The molecule has 0 unspecified atom stereocenters. The van der Waals surface area contributed by atoms with Crippen LogP contribution in [-0.2, 0) is 6.42 Å². The number of fused-ring (bicyclic) bond motifs is 1. The molecule has 15 heavy (non-hydrogen) atoms. The van der Waals surface area contributed by atoms with Gasteiger partial charge in [0, 0.05) is 16.6 Å². The highest BCUT2D eigenvalue weighted by molar-refractivity contribution is 5.97. The summed E-state index contributed by atoms with van der Waals surface area (Å²) in [6.07, 6.45) is 1.84. The lowest BCUT2D eigenvalue weighted by Crippen LogP contribution is -1.94. The van der Waals surface area contributed by atoms with Gasteiger partial charge in [-0.15, -0.1) is 0 Å². The quantitative estimate of drug-likeness (QED) is 0.696. The van der Waals surface area contributed by atoms with E-state index in [0.717, 1.165) is 34.9 Å². The molecule has 2 nitrogen and oxygen atoms in total. The molecule has 0 saturated carbocycles. The number of hydrogen-bond acceptors (Lipinski definition) is 2. The Hall–Kier alpha value is -1.70. The van der Waals surface area contributed by atoms with Gasteiger partial charge in [0.25, 0.3) is 0 Å². The third-order valence-corrected chi connectivity index (χ3v) is 2.59. The number of aromatic nitrogens is 1. The molecule has 1 aromatic heterocycles. The molecule has 0 bridgehead atoms. The third kappa shape index (κ3) is 1.63. The van der Waals surface area contributed by atoms with Crippen molar-refractivity contribution in [1.82, 2.24) is 4.98 Å². The summed E-state index contributed by atoms with van der Waals surface area (Å²) in [4.78, 5) is 15.4. The van der Waals surface area contributed by atoms with Crippen molar-refractivity contribution in [2.45, 2.75) is 20.3 Å². The Labute approximate surface area is 89.0 Å². The fourth-order valence-corrected chi connectivity index (χ4v) is 1.85. The minimum atomic E-state index is 0.729. The van der Waals surface area contributed by atoms with Crippen molar-refractivity contribution < 1.29 is 4.79 Å². The minimum absolute atomic E-state index is 0.729. The highest BCUT2D eigenvalue weighted by Crippen LogP contribution is 2.20. The molecular weight excluding hydrogens is 186 g/mol. The van der Waals surface area contributed by atoms with E-state index < -0.39 is 0 Å². The van der Waals surface area contributed by atoms with Crippen LogP contribution in [0.1, 0.15) is 28.5 Å². The Morgan fingerprint density at radius 2 is 2.20 bits per heavy atom. The summed E-state index contributed by atoms with van der Waals surface area (Å²) in [5, 5.41) is 0.954. The zero-order valence-corrected chi connectivity index (χ0v) is 8.95. The van der Waals surface area contributed by atoms with Crippen LogP contribution in [0.4, 0.5) is 0 Å². The fraction of sp³-hybridized carbons (Fsp3) is 0.231. The number of aryl methyl sites for hydroxylation is 2. The van der Waals surface area contributed by atoms with Crippen molar-refractivity contribution in [1.29, 1.82) is 0 Å². The molecular formula is C13H13NO. The van der Waals surface area contributed by atoms with E-state index in [4.69, 9.17) is 0 Å². The molecule has 0 fully saturated rings. The fourth-order valence-electron chi connectivity index (χ4n) is 1.85. The molecule has 0 N–H and O–H groups in total. The first-order chi connectivity index (χ1) is 7.26. The summed E-state index contributed by atoms with van der Waals surface area (Å²) in [7, 11) is 0. The summed E-state index contributed by atoms with van der Waals surface area (Å²) in [6.45, 7) is 4.01. The van der Waals surface area contributed by atoms with Crippen LogP contribution in [0.3, 0.4) is 0 Å². The molecule has 0 atom stereocenters. The second kappa shape index (κ2) is 3.81. The largest absolute Gasteiger partial charge is 0.298 e. The number of aldehydes is 1. The molecule has 0 saturated heterocycles. The molecule has 0 spiro atoms. The highest BCUT2D eigenvalue weighted by atomic mass is 16.1. The van der Waals surface area contributed by atoms with E-state index in [-0.39, 0.29) is 0 Å². The van der Waals surface area contributed by atoms with Gasteiger partial charge in [-0.3, -0.25) is 9.78 Å². The lowest BCUT2D eigenvalue weighted by atomic mass is 10.0. The van der Waals surface area contributed by atoms with Crippen LogP contribution in [0.5, 0.6) is 0 Å². The molecule has 2 aromatic rings. The number of pyridine rings is 1. The van der Waals surface area contributed by atoms with Gasteiger partial charge in [-0.1, -0.05) is 25.1 Å². The minimum Gasteiger partial charge on any atom is -0.298 e. The number of benzene rings is 1. The normalized spacial score (nSPS) is 10.5. The summed E-state index contributed by atoms with van der Waals surface area (Å²) in [6, 6.07) is 7.81. The summed E-state index contributed by atoms with van der Waals surface area (Å²) in [5.74, 6) is 0. The number of rotatable bonds is 2. The number of para-hydroxylation sites is 1. The van der Waals surface area contributed by atoms with Crippen LogP contribution in [-0.4, -0.2) is 11.3 Å². The lowest BCUT2D eigenvalue weighted by molar-refractivity contribution is 0.112. The SMILES string of the molecule is CCc1cccc2c(C=O)cc(C)nc12. The first-order valence-corrected chi connectivity index (χ1v) is 5.10. The van der Waals surface area contributed by atoms with Gasteiger partial charge in [-0.25, -0.2) is 0 Å². The molecule has 0 aliphatic rings. The molecule has 0 amide bonds. The van der Waals surface area contributed by atoms with Gasteiger partial charge < -0.3 is 0 Å². The van der Waals surface area contributed by atoms with Crippen molar-refractivity contribution >= 4 is 17.2 Å². The van der Waals surface area contributed by atoms with Crippen molar-refractivity contribution in [2.24, 2.45) is 0 Å². The number of carbonyl (C=O) groups is 1. The maximum atomic E-state index is 10.9. The van der Waals surface area contributed by atoms with Crippen LogP contribution < -0.4 is 0 Å². The first kappa shape index (κ1) is 9.84. The zero-order valence-electron chi connectivity index (χ0n) is 8.95. The smallest absolute Gasteiger partial charge is 0.150 e. The average molecular weight is 199 g/mol. The monoisotopic (exact) mass is 199 g/mol. The van der Waals surface area contributed by atoms with Crippen LogP contribution in [0.15, 0.2) is 24.3 Å². The van der Waals surface area contributed by atoms with E-state index in [9.17, 15) is 4.79 Å². The molecule has 0 aliphatic heterocycles. The van der Waals surface area contributed by atoms with E-state index in [1.165, 1.54) is 5.56 Å². The molecule has 2 heteroatoms. The van der Waals surface area contributed by atoms with E-state index in [1.807, 2.05) is 25.1 Å². The molecule has 0 radical (unpaired) electrons. The lowest BCUT2D eigenvalue weighted by Gasteiger charge is -2.06. The number of carbonyl (C=O) groups excluding carboxylic acids is 1. The maximum Gasteiger partial charge on any atom is 0.150 e. The van der Waals surface area contributed by atoms with Gasteiger partial charge in [-0.2, -0.15) is 0 Å². The van der Waals surface area contributed by atoms with Gasteiger partial charge >= 0.3 is 0 Å².